The number of carbonyl (C=O) groups is 1. The minimum Gasteiger partial charge on any atom is -0.325 e. The topological polar surface area (TPSA) is 64.0 Å². The number of benzene rings is 2. The van der Waals surface area contributed by atoms with Crippen molar-refractivity contribution in [3.05, 3.63) is 80.8 Å². The number of hydrogen-bond acceptors (Lipinski definition) is 3. The second-order valence-electron chi connectivity index (χ2n) is 6.06. The second kappa shape index (κ2) is 8.99. The molecule has 28 heavy (non-hydrogen) atoms. The largest absolute Gasteiger partial charge is 0.325 e. The number of nitrogens with zero attached hydrogens (tertiary/aromatic N) is 2. The summed E-state index contributed by atoms with van der Waals surface area (Å²) in [4.78, 5) is 24.1. The lowest BCUT2D eigenvalue weighted by molar-refractivity contribution is -0.116. The molecule has 0 aliphatic rings. The lowest BCUT2D eigenvalue weighted by atomic mass is 10.1. The molecule has 0 bridgehead atoms. The summed E-state index contributed by atoms with van der Waals surface area (Å²) in [7, 11) is 0. The molecule has 1 amide bonds. The Hall–Kier alpha value is -2.70. The summed E-state index contributed by atoms with van der Waals surface area (Å²) in [6, 6.07) is 13.6. The number of anilines is 1. The van der Waals surface area contributed by atoms with E-state index in [1.54, 1.807) is 36.4 Å². The van der Waals surface area contributed by atoms with Gasteiger partial charge in [0.15, 0.2) is 0 Å². The van der Waals surface area contributed by atoms with Gasteiger partial charge in [-0.3, -0.25) is 9.59 Å². The maximum absolute atomic E-state index is 13.1. The molecule has 3 aromatic rings. The van der Waals surface area contributed by atoms with E-state index in [0.717, 1.165) is 0 Å². The van der Waals surface area contributed by atoms with E-state index in [2.05, 4.69) is 10.4 Å². The second-order valence-corrected chi connectivity index (χ2v) is 6.91. The Kier molecular flexibility index (Phi) is 6.44. The van der Waals surface area contributed by atoms with Crippen molar-refractivity contribution in [3.8, 4) is 11.3 Å². The van der Waals surface area contributed by atoms with Gasteiger partial charge < -0.3 is 5.32 Å². The number of rotatable bonds is 6. The van der Waals surface area contributed by atoms with Crippen LogP contribution in [0.3, 0.4) is 0 Å². The highest BCUT2D eigenvalue weighted by atomic mass is 35.5. The van der Waals surface area contributed by atoms with Gasteiger partial charge in [-0.2, -0.15) is 5.10 Å². The highest BCUT2D eigenvalue weighted by Crippen LogP contribution is 2.25. The van der Waals surface area contributed by atoms with Gasteiger partial charge in [-0.15, -0.1) is 0 Å². The Morgan fingerprint density at radius 1 is 1.07 bits per heavy atom. The van der Waals surface area contributed by atoms with Gasteiger partial charge in [0.05, 0.1) is 16.4 Å². The van der Waals surface area contributed by atoms with E-state index < -0.39 is 0 Å². The maximum Gasteiger partial charge on any atom is 0.266 e. The molecule has 1 aromatic heterocycles. The van der Waals surface area contributed by atoms with E-state index in [4.69, 9.17) is 23.2 Å². The fourth-order valence-corrected chi connectivity index (χ4v) is 3.03. The van der Waals surface area contributed by atoms with E-state index in [1.807, 2.05) is 0 Å². The molecular weight excluding hydrogens is 404 g/mol. The molecule has 0 fully saturated rings. The lowest BCUT2D eigenvalue weighted by Gasteiger charge is -2.09. The molecule has 0 aliphatic carbocycles. The Labute approximate surface area is 170 Å². The first-order valence-electron chi connectivity index (χ1n) is 8.51. The highest BCUT2D eigenvalue weighted by molar-refractivity contribution is 6.36. The molecule has 5 nitrogen and oxygen atoms in total. The molecule has 0 atom stereocenters. The zero-order valence-corrected chi connectivity index (χ0v) is 16.2. The smallest absolute Gasteiger partial charge is 0.266 e. The van der Waals surface area contributed by atoms with E-state index in [9.17, 15) is 14.0 Å². The average Bonchev–Trinajstić information content (AvgIpc) is 2.66. The molecule has 0 unspecified atom stereocenters. The molecule has 144 valence electrons. The Bertz CT molecular complexity index is 1050. The van der Waals surface area contributed by atoms with Gasteiger partial charge in [0, 0.05) is 29.6 Å². The molecular formula is C20H16Cl2FN3O2. The quantitative estimate of drug-likeness (QED) is 0.625. The van der Waals surface area contributed by atoms with Crippen LogP contribution in [0.2, 0.25) is 10.0 Å². The maximum atomic E-state index is 13.1. The summed E-state index contributed by atoms with van der Waals surface area (Å²) in [6.45, 7) is 0.273. The molecule has 2 aromatic carbocycles. The van der Waals surface area contributed by atoms with Crippen LogP contribution in [0, 0.1) is 5.82 Å². The van der Waals surface area contributed by atoms with Crippen molar-refractivity contribution in [2.75, 3.05) is 5.32 Å². The first-order valence-corrected chi connectivity index (χ1v) is 9.27. The first kappa shape index (κ1) is 20.0. The molecule has 0 saturated heterocycles. The predicted molar refractivity (Wildman–Crippen MR) is 108 cm³/mol. The van der Waals surface area contributed by atoms with Crippen molar-refractivity contribution < 1.29 is 9.18 Å². The molecule has 0 aliphatic heterocycles. The van der Waals surface area contributed by atoms with E-state index >= 15 is 0 Å². The molecule has 1 heterocycles. The minimum absolute atomic E-state index is 0.188. The van der Waals surface area contributed by atoms with Gasteiger partial charge >= 0.3 is 0 Å². The lowest BCUT2D eigenvalue weighted by Crippen LogP contribution is -2.23. The summed E-state index contributed by atoms with van der Waals surface area (Å²) in [5.74, 6) is -0.573. The van der Waals surface area contributed by atoms with Crippen molar-refractivity contribution in [2.45, 2.75) is 19.4 Å². The van der Waals surface area contributed by atoms with E-state index in [0.29, 0.717) is 33.4 Å². The van der Waals surface area contributed by atoms with E-state index in [1.165, 1.54) is 22.9 Å². The molecule has 3 rings (SSSR count). The van der Waals surface area contributed by atoms with Crippen molar-refractivity contribution in [3.63, 3.8) is 0 Å². The molecule has 1 N–H and O–H groups in total. The number of halogens is 3. The van der Waals surface area contributed by atoms with Gasteiger partial charge in [-0.05, 0) is 55.0 Å². The van der Waals surface area contributed by atoms with Gasteiger partial charge in [-0.25, -0.2) is 9.07 Å². The summed E-state index contributed by atoms with van der Waals surface area (Å²) in [5.41, 5.74) is 1.46. The Morgan fingerprint density at radius 3 is 2.54 bits per heavy atom. The van der Waals surface area contributed by atoms with Crippen molar-refractivity contribution in [1.29, 1.82) is 0 Å². The van der Waals surface area contributed by atoms with Crippen LogP contribution in [0.1, 0.15) is 12.8 Å². The van der Waals surface area contributed by atoms with Crippen LogP contribution in [0.4, 0.5) is 10.1 Å². The van der Waals surface area contributed by atoms with Crippen LogP contribution in [0.5, 0.6) is 0 Å². The van der Waals surface area contributed by atoms with Crippen molar-refractivity contribution in [1.82, 2.24) is 9.78 Å². The monoisotopic (exact) mass is 419 g/mol. The van der Waals surface area contributed by atoms with Crippen LogP contribution < -0.4 is 10.9 Å². The van der Waals surface area contributed by atoms with Gasteiger partial charge in [0.25, 0.3) is 5.56 Å². The average molecular weight is 420 g/mol. The highest BCUT2D eigenvalue weighted by Gasteiger charge is 2.08. The Morgan fingerprint density at radius 2 is 1.82 bits per heavy atom. The standard InChI is InChI=1S/C20H16Cl2FN3O2/c21-14-5-8-18(16(22)12-14)24-19(27)2-1-11-26-20(28)10-9-17(25-26)13-3-6-15(23)7-4-13/h3-10,12H,1-2,11H2,(H,24,27). The van der Waals surface area contributed by atoms with Crippen molar-refractivity contribution >= 4 is 34.8 Å². The van der Waals surface area contributed by atoms with Crippen LogP contribution in [0.25, 0.3) is 11.3 Å². The third kappa shape index (κ3) is 5.18. The molecule has 0 saturated carbocycles. The third-order valence-corrected chi connectivity index (χ3v) is 4.53. The van der Waals surface area contributed by atoms with Crippen LogP contribution in [0.15, 0.2) is 59.4 Å². The number of carbonyl (C=O) groups excluding carboxylic acids is 1. The predicted octanol–water partition coefficient (Wildman–Crippen LogP) is 4.78. The summed E-state index contributed by atoms with van der Waals surface area (Å²) < 4.78 is 14.4. The number of aryl methyl sites for hydroxylation is 1. The SMILES string of the molecule is O=C(CCCn1nc(-c2ccc(F)cc2)ccc1=O)Nc1ccc(Cl)cc1Cl. The number of aromatic nitrogens is 2. The normalized spacial score (nSPS) is 10.7. The van der Waals surface area contributed by atoms with Crippen LogP contribution in [-0.2, 0) is 11.3 Å². The molecule has 0 radical (unpaired) electrons. The minimum atomic E-state index is -0.344. The van der Waals surface area contributed by atoms with Gasteiger partial charge in [0.2, 0.25) is 5.91 Å². The Balaban J connectivity index is 1.61. The van der Waals surface area contributed by atoms with Gasteiger partial charge in [-0.1, -0.05) is 23.2 Å². The van der Waals surface area contributed by atoms with Crippen LogP contribution in [-0.4, -0.2) is 15.7 Å². The zero-order chi connectivity index (χ0) is 20.1. The first-order chi connectivity index (χ1) is 13.4. The number of amides is 1. The number of hydrogen-bond donors (Lipinski definition) is 1. The molecule has 8 heteroatoms. The zero-order valence-electron chi connectivity index (χ0n) is 14.7. The summed E-state index contributed by atoms with van der Waals surface area (Å²) in [6.07, 6.45) is 0.602. The van der Waals surface area contributed by atoms with Gasteiger partial charge in [0.1, 0.15) is 5.82 Å². The third-order valence-electron chi connectivity index (χ3n) is 3.99. The number of nitrogens with one attached hydrogen (secondary N) is 1. The van der Waals surface area contributed by atoms with Crippen molar-refractivity contribution in [2.24, 2.45) is 0 Å². The summed E-state index contributed by atoms with van der Waals surface area (Å²) in [5, 5.41) is 7.83. The fraction of sp³-hybridized carbons (Fsp3) is 0.150. The molecule has 0 spiro atoms. The van der Waals surface area contributed by atoms with E-state index in [-0.39, 0.29) is 30.2 Å². The fourth-order valence-electron chi connectivity index (χ4n) is 2.58. The summed E-state index contributed by atoms with van der Waals surface area (Å²) >= 11 is 11.9. The van der Waals surface area contributed by atoms with Crippen LogP contribution >= 0.6 is 23.2 Å².